The summed E-state index contributed by atoms with van der Waals surface area (Å²) in [6.07, 6.45) is 1.48. The summed E-state index contributed by atoms with van der Waals surface area (Å²) in [5.41, 5.74) is 0. The Hall–Kier alpha value is -1.43. The van der Waals surface area contributed by atoms with Crippen LogP contribution in [0.15, 0.2) is 6.33 Å². The highest BCUT2D eigenvalue weighted by Gasteiger charge is 2.10. The number of hydrogen-bond acceptors (Lipinski definition) is 5. The number of rotatable bonds is 5. The van der Waals surface area contributed by atoms with E-state index in [-0.39, 0.29) is 5.82 Å². The second-order valence-electron chi connectivity index (χ2n) is 2.52. The van der Waals surface area contributed by atoms with Crippen LogP contribution in [0, 0.1) is 0 Å². The summed E-state index contributed by atoms with van der Waals surface area (Å²) in [6.45, 7) is 3.72. The van der Waals surface area contributed by atoms with Crippen LogP contribution in [0.25, 0.3) is 0 Å². The summed E-state index contributed by atoms with van der Waals surface area (Å²) in [6, 6.07) is 0. The Morgan fingerprint density at radius 2 is 2.43 bits per heavy atom. The van der Waals surface area contributed by atoms with E-state index in [1.54, 1.807) is 4.68 Å². The molecule has 0 aromatic carbocycles. The van der Waals surface area contributed by atoms with Crippen LogP contribution in [0.1, 0.15) is 17.5 Å². The third kappa shape index (κ3) is 2.81. The molecule has 0 fully saturated rings. The summed E-state index contributed by atoms with van der Waals surface area (Å²) in [5, 5.41) is 3.90. The van der Waals surface area contributed by atoms with Gasteiger partial charge in [0.1, 0.15) is 6.33 Å². The largest absolute Gasteiger partial charge is 0.463 e. The van der Waals surface area contributed by atoms with E-state index in [2.05, 4.69) is 14.8 Å². The van der Waals surface area contributed by atoms with Crippen LogP contribution in [0.3, 0.4) is 0 Å². The topological polar surface area (TPSA) is 66.2 Å². The average molecular weight is 199 g/mol. The summed E-state index contributed by atoms with van der Waals surface area (Å²) in [4.78, 5) is 14.8. The minimum atomic E-state index is -0.528. The first-order valence-corrected chi connectivity index (χ1v) is 4.33. The number of aromatic nitrogens is 3. The first kappa shape index (κ1) is 10.6. The fourth-order valence-electron chi connectivity index (χ4n) is 0.890. The van der Waals surface area contributed by atoms with Crippen LogP contribution >= 0.6 is 0 Å². The number of esters is 1. The Kier molecular flexibility index (Phi) is 4.06. The number of methoxy groups -OCH3 is 1. The van der Waals surface area contributed by atoms with Crippen molar-refractivity contribution in [3.63, 3.8) is 0 Å². The van der Waals surface area contributed by atoms with Crippen molar-refractivity contribution in [1.29, 1.82) is 0 Å². The SMILES string of the molecule is CCOCCn1cnc(C(=O)OC)n1. The van der Waals surface area contributed by atoms with Crippen molar-refractivity contribution in [2.75, 3.05) is 20.3 Å². The third-order valence-corrected chi connectivity index (χ3v) is 1.57. The molecule has 1 aromatic rings. The van der Waals surface area contributed by atoms with Crippen LogP contribution in [-0.4, -0.2) is 41.1 Å². The van der Waals surface area contributed by atoms with Gasteiger partial charge in [0.15, 0.2) is 0 Å². The molecule has 78 valence electrons. The van der Waals surface area contributed by atoms with Crippen molar-refractivity contribution in [2.24, 2.45) is 0 Å². The van der Waals surface area contributed by atoms with E-state index in [4.69, 9.17) is 4.74 Å². The van der Waals surface area contributed by atoms with Gasteiger partial charge in [-0.15, -0.1) is 5.10 Å². The fourth-order valence-corrected chi connectivity index (χ4v) is 0.890. The molecule has 6 nitrogen and oxygen atoms in total. The highest BCUT2D eigenvalue weighted by Crippen LogP contribution is 1.92. The van der Waals surface area contributed by atoms with Gasteiger partial charge in [0.05, 0.1) is 20.3 Å². The second kappa shape index (κ2) is 5.33. The maximum absolute atomic E-state index is 11.0. The molecule has 0 saturated carbocycles. The van der Waals surface area contributed by atoms with E-state index in [0.717, 1.165) is 0 Å². The number of ether oxygens (including phenoxy) is 2. The molecule has 0 radical (unpaired) electrons. The first-order chi connectivity index (χ1) is 6.77. The predicted octanol–water partition coefficient (Wildman–Crippen LogP) is 0.101. The number of carbonyl (C=O) groups excluding carboxylic acids is 1. The van der Waals surface area contributed by atoms with Gasteiger partial charge in [0, 0.05) is 6.61 Å². The van der Waals surface area contributed by atoms with Crippen molar-refractivity contribution in [3.05, 3.63) is 12.2 Å². The molecule has 0 bridgehead atoms. The monoisotopic (exact) mass is 199 g/mol. The standard InChI is InChI=1S/C8H13N3O3/c1-3-14-5-4-11-6-9-7(10-11)8(12)13-2/h6H,3-5H2,1-2H3. The molecule has 1 heterocycles. The van der Waals surface area contributed by atoms with Crippen LogP contribution in [0.4, 0.5) is 0 Å². The van der Waals surface area contributed by atoms with Crippen LogP contribution in [0.2, 0.25) is 0 Å². The Labute approximate surface area is 81.8 Å². The minimum absolute atomic E-state index is 0.0731. The Morgan fingerprint density at radius 3 is 3.07 bits per heavy atom. The van der Waals surface area contributed by atoms with Gasteiger partial charge in [0.25, 0.3) is 5.82 Å². The summed E-state index contributed by atoms with van der Waals surface area (Å²) < 4.78 is 11.1. The zero-order chi connectivity index (χ0) is 10.4. The molecule has 1 rings (SSSR count). The molecular formula is C8H13N3O3. The van der Waals surface area contributed by atoms with Gasteiger partial charge in [0.2, 0.25) is 0 Å². The van der Waals surface area contributed by atoms with Gasteiger partial charge >= 0.3 is 5.97 Å². The Bertz CT molecular complexity index is 298. The van der Waals surface area contributed by atoms with E-state index in [1.165, 1.54) is 13.4 Å². The minimum Gasteiger partial charge on any atom is -0.463 e. The predicted molar refractivity (Wildman–Crippen MR) is 47.9 cm³/mol. The first-order valence-electron chi connectivity index (χ1n) is 4.33. The molecule has 0 unspecified atom stereocenters. The lowest BCUT2D eigenvalue weighted by Gasteiger charge is -1.99. The average Bonchev–Trinajstić information content (AvgIpc) is 2.66. The molecule has 0 atom stereocenters. The molecule has 0 amide bonds. The van der Waals surface area contributed by atoms with Crippen molar-refractivity contribution in [2.45, 2.75) is 13.5 Å². The van der Waals surface area contributed by atoms with Crippen LogP contribution in [-0.2, 0) is 16.0 Å². The molecule has 0 aliphatic carbocycles. The van der Waals surface area contributed by atoms with Gasteiger partial charge in [-0.3, -0.25) is 0 Å². The maximum atomic E-state index is 11.0. The molecule has 0 spiro atoms. The number of carbonyl (C=O) groups is 1. The number of nitrogens with zero attached hydrogens (tertiary/aromatic N) is 3. The smallest absolute Gasteiger partial charge is 0.377 e. The van der Waals surface area contributed by atoms with Gasteiger partial charge in [-0.2, -0.15) is 0 Å². The van der Waals surface area contributed by atoms with Crippen molar-refractivity contribution >= 4 is 5.97 Å². The van der Waals surface area contributed by atoms with E-state index < -0.39 is 5.97 Å². The van der Waals surface area contributed by atoms with Crippen LogP contribution < -0.4 is 0 Å². The molecule has 6 heteroatoms. The third-order valence-electron chi connectivity index (χ3n) is 1.57. The quantitative estimate of drug-likeness (QED) is 0.497. The van der Waals surface area contributed by atoms with E-state index in [9.17, 15) is 4.79 Å². The second-order valence-corrected chi connectivity index (χ2v) is 2.52. The molecule has 0 saturated heterocycles. The molecule has 1 aromatic heterocycles. The normalized spacial score (nSPS) is 10.1. The highest BCUT2D eigenvalue weighted by molar-refractivity contribution is 5.84. The van der Waals surface area contributed by atoms with Gasteiger partial charge in [-0.25, -0.2) is 14.5 Å². The Morgan fingerprint density at radius 1 is 1.64 bits per heavy atom. The van der Waals surface area contributed by atoms with Crippen molar-refractivity contribution < 1.29 is 14.3 Å². The number of hydrogen-bond donors (Lipinski definition) is 0. The Balaban J connectivity index is 2.46. The molecule has 0 aliphatic rings. The molecule has 0 aliphatic heterocycles. The van der Waals surface area contributed by atoms with Crippen molar-refractivity contribution in [1.82, 2.24) is 14.8 Å². The van der Waals surface area contributed by atoms with Gasteiger partial charge in [-0.1, -0.05) is 0 Å². The van der Waals surface area contributed by atoms with E-state index >= 15 is 0 Å². The molecule has 14 heavy (non-hydrogen) atoms. The van der Waals surface area contributed by atoms with Gasteiger partial charge < -0.3 is 9.47 Å². The fraction of sp³-hybridized carbons (Fsp3) is 0.625. The lowest BCUT2D eigenvalue weighted by Crippen LogP contribution is -2.09. The lowest BCUT2D eigenvalue weighted by atomic mass is 10.6. The van der Waals surface area contributed by atoms with E-state index in [0.29, 0.717) is 19.8 Å². The molecular weight excluding hydrogens is 186 g/mol. The highest BCUT2D eigenvalue weighted by atomic mass is 16.5. The van der Waals surface area contributed by atoms with Crippen molar-refractivity contribution in [3.8, 4) is 0 Å². The zero-order valence-electron chi connectivity index (χ0n) is 8.27. The summed E-state index contributed by atoms with van der Waals surface area (Å²) in [7, 11) is 1.29. The van der Waals surface area contributed by atoms with Gasteiger partial charge in [-0.05, 0) is 6.92 Å². The summed E-state index contributed by atoms with van der Waals surface area (Å²) >= 11 is 0. The maximum Gasteiger partial charge on any atom is 0.377 e. The van der Waals surface area contributed by atoms with Crippen LogP contribution in [0.5, 0.6) is 0 Å². The zero-order valence-corrected chi connectivity index (χ0v) is 8.27. The lowest BCUT2D eigenvalue weighted by molar-refractivity contribution is 0.0585. The summed E-state index contributed by atoms with van der Waals surface area (Å²) in [5.74, 6) is -0.454. The van der Waals surface area contributed by atoms with E-state index in [1.807, 2.05) is 6.92 Å². The molecule has 0 N–H and O–H groups in total.